The van der Waals surface area contributed by atoms with E-state index in [4.69, 9.17) is 23.2 Å². The summed E-state index contributed by atoms with van der Waals surface area (Å²) in [4.78, 5) is 28.9. The topological polar surface area (TPSA) is 62.3 Å². The number of hydrogen-bond donors (Lipinski definition) is 1. The van der Waals surface area contributed by atoms with Gasteiger partial charge < -0.3 is 0 Å². The second kappa shape index (κ2) is 7.32. The van der Waals surface area contributed by atoms with Crippen molar-refractivity contribution in [3.63, 3.8) is 0 Å². The Morgan fingerprint density at radius 1 is 1.27 bits per heavy atom. The zero-order valence-corrected chi connectivity index (χ0v) is 15.0. The Bertz CT molecular complexity index is 928. The smallest absolute Gasteiger partial charge is 0.258 e. The highest BCUT2D eigenvalue weighted by atomic mass is 35.5. The number of rotatable bonds is 3. The van der Waals surface area contributed by atoms with E-state index in [0.29, 0.717) is 11.3 Å². The summed E-state index contributed by atoms with van der Waals surface area (Å²) < 4.78 is 12.9. The second-order valence-corrected chi connectivity index (χ2v) is 6.34. The van der Waals surface area contributed by atoms with Gasteiger partial charge in [-0.05, 0) is 31.2 Å². The Morgan fingerprint density at radius 3 is 2.54 bits per heavy atom. The lowest BCUT2D eigenvalue weighted by molar-refractivity contribution is -0.131. The molecule has 2 heterocycles. The van der Waals surface area contributed by atoms with Gasteiger partial charge in [-0.15, -0.1) is 5.92 Å². The van der Waals surface area contributed by atoms with Gasteiger partial charge in [-0.2, -0.15) is 0 Å². The Labute approximate surface area is 159 Å². The van der Waals surface area contributed by atoms with Crippen molar-refractivity contribution in [3.05, 3.63) is 63.1 Å². The maximum Gasteiger partial charge on any atom is 0.258 e. The van der Waals surface area contributed by atoms with Gasteiger partial charge in [0, 0.05) is 21.2 Å². The molecule has 1 aliphatic rings. The third kappa shape index (κ3) is 3.50. The average Bonchev–Trinajstić information content (AvgIpc) is 2.84. The highest BCUT2D eigenvalue weighted by Gasteiger charge is 2.42. The lowest BCUT2D eigenvalue weighted by Gasteiger charge is -2.15. The van der Waals surface area contributed by atoms with Crippen molar-refractivity contribution in [2.45, 2.75) is 19.4 Å². The molecule has 1 atom stereocenters. The van der Waals surface area contributed by atoms with E-state index in [1.165, 1.54) is 12.1 Å². The maximum absolute atomic E-state index is 12.9. The van der Waals surface area contributed by atoms with E-state index >= 15 is 0 Å². The van der Waals surface area contributed by atoms with Gasteiger partial charge in [-0.25, -0.2) is 9.40 Å². The zero-order chi connectivity index (χ0) is 18.8. The summed E-state index contributed by atoms with van der Waals surface area (Å²) in [5.74, 6) is 2.83. The van der Waals surface area contributed by atoms with Gasteiger partial charge in [-0.3, -0.25) is 20.0 Å². The molecule has 1 aliphatic heterocycles. The molecule has 5 nitrogen and oxygen atoms in total. The molecule has 0 bridgehead atoms. The number of nitrogens with zero attached hydrogens (tertiary/aromatic N) is 2. The van der Waals surface area contributed by atoms with Crippen LogP contribution >= 0.6 is 23.2 Å². The first-order chi connectivity index (χ1) is 12.4. The molecule has 1 saturated heterocycles. The first-order valence-electron chi connectivity index (χ1n) is 7.54. The van der Waals surface area contributed by atoms with E-state index in [9.17, 15) is 14.0 Å². The molecule has 0 aliphatic carbocycles. The fourth-order valence-corrected chi connectivity index (χ4v) is 3.34. The van der Waals surface area contributed by atoms with Gasteiger partial charge in [0.1, 0.15) is 11.7 Å². The molecule has 8 heteroatoms. The summed E-state index contributed by atoms with van der Waals surface area (Å²) in [6.45, 7) is 1.67. The molecule has 1 unspecified atom stereocenters. The number of pyridine rings is 1. The van der Waals surface area contributed by atoms with Crippen molar-refractivity contribution < 1.29 is 14.0 Å². The van der Waals surface area contributed by atoms with Crippen LogP contribution in [-0.2, 0) is 16.1 Å². The number of halogens is 3. The van der Waals surface area contributed by atoms with Crippen LogP contribution < -0.4 is 5.43 Å². The number of aromatic nitrogens is 1. The number of carbonyl (C=O) groups is 2. The van der Waals surface area contributed by atoms with Crippen molar-refractivity contribution in [3.8, 4) is 11.8 Å². The minimum Gasteiger partial charge on any atom is -0.272 e. The van der Waals surface area contributed by atoms with Gasteiger partial charge in [0.05, 0.1) is 18.4 Å². The summed E-state index contributed by atoms with van der Waals surface area (Å²) >= 11 is 12.5. The minimum absolute atomic E-state index is 0.00398. The number of amides is 2. The fourth-order valence-electron chi connectivity index (χ4n) is 2.63. The summed E-state index contributed by atoms with van der Waals surface area (Å²) in [5.41, 5.74) is 3.71. The molecule has 0 saturated carbocycles. The van der Waals surface area contributed by atoms with Crippen LogP contribution in [0.15, 0.2) is 30.5 Å². The summed E-state index contributed by atoms with van der Waals surface area (Å²) in [6.07, 6.45) is 1.04. The summed E-state index contributed by atoms with van der Waals surface area (Å²) in [7, 11) is 0. The second-order valence-electron chi connectivity index (χ2n) is 5.53. The average molecular weight is 392 g/mol. The first kappa shape index (κ1) is 18.2. The lowest BCUT2D eigenvalue weighted by atomic mass is 9.97. The lowest BCUT2D eigenvalue weighted by Crippen LogP contribution is -2.35. The van der Waals surface area contributed by atoms with Crippen LogP contribution in [0.5, 0.6) is 0 Å². The molecular weight excluding hydrogens is 380 g/mol. The first-order valence-corrected chi connectivity index (χ1v) is 8.30. The predicted molar refractivity (Wildman–Crippen MR) is 94.6 cm³/mol. The SMILES string of the molecule is CC#Cc1cc(Cl)c(C2C(=O)NN(Cc3ccc(F)cn3)C2=O)c(Cl)c1. The molecule has 3 rings (SSSR count). The highest BCUT2D eigenvalue weighted by molar-refractivity contribution is 6.37. The van der Waals surface area contributed by atoms with Gasteiger partial charge in [0.2, 0.25) is 0 Å². The van der Waals surface area contributed by atoms with Crippen LogP contribution in [0.1, 0.15) is 29.7 Å². The van der Waals surface area contributed by atoms with E-state index in [0.717, 1.165) is 11.2 Å². The Morgan fingerprint density at radius 2 is 1.96 bits per heavy atom. The number of carbonyl (C=O) groups excluding carboxylic acids is 2. The molecule has 1 aromatic carbocycles. The molecule has 1 N–H and O–H groups in total. The molecule has 132 valence electrons. The van der Waals surface area contributed by atoms with Gasteiger partial charge in [0.25, 0.3) is 11.8 Å². The van der Waals surface area contributed by atoms with Gasteiger partial charge >= 0.3 is 0 Å². The Kier molecular flexibility index (Phi) is 5.12. The van der Waals surface area contributed by atoms with Crippen LogP contribution in [0.2, 0.25) is 10.0 Å². The molecule has 0 radical (unpaired) electrons. The Balaban J connectivity index is 1.89. The third-order valence-electron chi connectivity index (χ3n) is 3.77. The van der Waals surface area contributed by atoms with Crippen molar-refractivity contribution in [1.82, 2.24) is 15.4 Å². The number of nitrogens with one attached hydrogen (secondary N) is 1. The van der Waals surface area contributed by atoms with E-state index < -0.39 is 23.5 Å². The normalized spacial score (nSPS) is 16.3. The van der Waals surface area contributed by atoms with Crippen molar-refractivity contribution in [1.29, 1.82) is 0 Å². The van der Waals surface area contributed by atoms with E-state index in [1.54, 1.807) is 19.1 Å². The molecule has 2 amide bonds. The number of benzene rings is 1. The quantitative estimate of drug-likeness (QED) is 0.645. The van der Waals surface area contributed by atoms with Crippen LogP contribution in [-0.4, -0.2) is 21.8 Å². The molecule has 26 heavy (non-hydrogen) atoms. The maximum atomic E-state index is 12.9. The standard InChI is InChI=1S/C18H12Cl2FN3O2/c1-2-3-10-6-13(19)15(14(20)7-10)16-17(25)23-24(18(16)26)9-12-5-4-11(21)8-22-12/h4-8,16H,9H2,1H3,(H,23,25). The van der Waals surface area contributed by atoms with Crippen molar-refractivity contribution in [2.24, 2.45) is 0 Å². The number of hydrogen-bond acceptors (Lipinski definition) is 3. The fraction of sp³-hybridized carbons (Fsp3) is 0.167. The van der Waals surface area contributed by atoms with Crippen LogP contribution in [0.3, 0.4) is 0 Å². The largest absolute Gasteiger partial charge is 0.272 e. The van der Waals surface area contributed by atoms with E-state index in [-0.39, 0.29) is 22.2 Å². The van der Waals surface area contributed by atoms with E-state index in [1.807, 2.05) is 0 Å². The highest BCUT2D eigenvalue weighted by Crippen LogP contribution is 2.36. The number of hydrazine groups is 1. The molecule has 0 spiro atoms. The van der Waals surface area contributed by atoms with Gasteiger partial charge in [0.15, 0.2) is 0 Å². The van der Waals surface area contributed by atoms with Crippen molar-refractivity contribution in [2.75, 3.05) is 0 Å². The third-order valence-corrected chi connectivity index (χ3v) is 4.39. The molecule has 1 aromatic heterocycles. The molecule has 1 fully saturated rings. The van der Waals surface area contributed by atoms with Gasteiger partial charge in [-0.1, -0.05) is 29.1 Å². The molecular formula is C18H12Cl2FN3O2. The van der Waals surface area contributed by atoms with E-state index in [2.05, 4.69) is 22.3 Å². The summed E-state index contributed by atoms with van der Waals surface area (Å²) in [6, 6.07) is 5.78. The van der Waals surface area contributed by atoms with Crippen molar-refractivity contribution >= 4 is 35.0 Å². The zero-order valence-electron chi connectivity index (χ0n) is 13.5. The monoisotopic (exact) mass is 391 g/mol. The predicted octanol–water partition coefficient (Wildman–Crippen LogP) is 3.06. The molecule has 2 aromatic rings. The Hall–Kier alpha value is -2.62. The summed E-state index contributed by atoms with van der Waals surface area (Å²) in [5, 5.41) is 1.48. The van der Waals surface area contributed by atoms with Crippen LogP contribution in [0, 0.1) is 17.7 Å². The van der Waals surface area contributed by atoms with Crippen LogP contribution in [0.25, 0.3) is 0 Å². The van der Waals surface area contributed by atoms with Crippen LogP contribution in [0.4, 0.5) is 4.39 Å². The minimum atomic E-state index is -1.17.